The maximum Gasteiger partial charge on any atom is 0.265 e. The lowest BCUT2D eigenvalue weighted by molar-refractivity contribution is 0.0957. The number of anilines is 2. The minimum Gasteiger partial charge on any atom is -0.382 e. The second-order valence-corrected chi connectivity index (χ2v) is 5.60. The lowest BCUT2D eigenvalue weighted by Gasteiger charge is -2.02. The molecular formula is C12H20N4OS. The number of thiazole rings is 1. The molecule has 1 aromatic rings. The molecule has 0 atom stereocenters. The number of nitrogens with two attached hydrogens (primary N) is 1. The fraction of sp³-hybridized carbons (Fsp3) is 0.667. The van der Waals surface area contributed by atoms with E-state index in [1.807, 2.05) is 6.92 Å². The minimum absolute atomic E-state index is 0.107. The van der Waals surface area contributed by atoms with Crippen molar-refractivity contribution in [3.63, 3.8) is 0 Å². The molecule has 1 aromatic heterocycles. The van der Waals surface area contributed by atoms with E-state index in [2.05, 4.69) is 15.6 Å². The highest BCUT2D eigenvalue weighted by Gasteiger charge is 2.20. The Balaban J connectivity index is 1.79. The molecular weight excluding hydrogens is 248 g/mol. The van der Waals surface area contributed by atoms with Gasteiger partial charge in [-0.3, -0.25) is 4.79 Å². The first kappa shape index (κ1) is 13.1. The van der Waals surface area contributed by atoms with E-state index in [1.165, 1.54) is 30.6 Å². The first-order valence-corrected chi connectivity index (χ1v) is 7.30. The van der Waals surface area contributed by atoms with Gasteiger partial charge in [0.2, 0.25) is 0 Å². The summed E-state index contributed by atoms with van der Waals surface area (Å²) in [5.74, 6) is 1.12. The number of aromatic nitrogens is 1. The van der Waals surface area contributed by atoms with Gasteiger partial charge in [-0.2, -0.15) is 0 Å². The van der Waals surface area contributed by atoms with Crippen LogP contribution in [0.5, 0.6) is 0 Å². The van der Waals surface area contributed by atoms with Gasteiger partial charge in [0, 0.05) is 13.1 Å². The Kier molecular flexibility index (Phi) is 4.41. The number of carbonyl (C=O) groups excluding carboxylic acids is 1. The van der Waals surface area contributed by atoms with Gasteiger partial charge in [-0.15, -0.1) is 0 Å². The molecule has 1 aliphatic carbocycles. The summed E-state index contributed by atoms with van der Waals surface area (Å²) in [5.41, 5.74) is 5.73. The summed E-state index contributed by atoms with van der Waals surface area (Å²) < 4.78 is 0. The summed E-state index contributed by atoms with van der Waals surface area (Å²) >= 11 is 1.31. The number of amides is 1. The normalized spacial score (nSPS) is 14.5. The summed E-state index contributed by atoms with van der Waals surface area (Å²) in [5, 5.41) is 6.67. The number of hydrogen-bond donors (Lipinski definition) is 3. The van der Waals surface area contributed by atoms with E-state index in [1.54, 1.807) is 0 Å². The van der Waals surface area contributed by atoms with Crippen molar-refractivity contribution in [2.75, 3.05) is 24.1 Å². The first-order valence-electron chi connectivity index (χ1n) is 6.49. The molecule has 1 aliphatic rings. The Morgan fingerprint density at radius 1 is 1.56 bits per heavy atom. The van der Waals surface area contributed by atoms with Crippen molar-refractivity contribution < 1.29 is 4.79 Å². The van der Waals surface area contributed by atoms with Crippen LogP contribution in [0, 0.1) is 5.92 Å². The van der Waals surface area contributed by atoms with Crippen molar-refractivity contribution in [3.8, 4) is 0 Å². The lowest BCUT2D eigenvalue weighted by Crippen LogP contribution is -2.24. The predicted octanol–water partition coefficient (Wildman–Crippen LogP) is 2.08. The van der Waals surface area contributed by atoms with Crippen molar-refractivity contribution in [1.82, 2.24) is 10.3 Å². The highest BCUT2D eigenvalue weighted by atomic mass is 32.1. The standard InChI is InChI=1S/C12H20N4OS/c1-2-14-12-16-10(13)9(18-12)11(17)15-7-3-4-8-5-6-8/h8H,2-7,13H2,1H3,(H,14,16)(H,15,17). The fourth-order valence-corrected chi connectivity index (χ4v) is 2.67. The quantitative estimate of drug-likeness (QED) is 0.661. The van der Waals surface area contributed by atoms with Gasteiger partial charge in [-0.1, -0.05) is 24.2 Å². The molecule has 1 heterocycles. The zero-order valence-electron chi connectivity index (χ0n) is 10.7. The monoisotopic (exact) mass is 268 g/mol. The lowest BCUT2D eigenvalue weighted by atomic mass is 10.2. The largest absolute Gasteiger partial charge is 0.382 e. The van der Waals surface area contributed by atoms with Crippen LogP contribution >= 0.6 is 11.3 Å². The molecule has 0 aliphatic heterocycles. The third-order valence-corrected chi connectivity index (χ3v) is 3.99. The first-order chi connectivity index (χ1) is 8.70. The van der Waals surface area contributed by atoms with E-state index in [-0.39, 0.29) is 5.91 Å². The Bertz CT molecular complexity index is 414. The van der Waals surface area contributed by atoms with Crippen molar-refractivity contribution in [1.29, 1.82) is 0 Å². The number of nitrogen functional groups attached to an aromatic ring is 1. The van der Waals surface area contributed by atoms with Crippen LogP contribution in [0.2, 0.25) is 0 Å². The van der Waals surface area contributed by atoms with Crippen LogP contribution in [-0.4, -0.2) is 24.0 Å². The molecule has 18 heavy (non-hydrogen) atoms. The summed E-state index contributed by atoms with van der Waals surface area (Å²) in [6.45, 7) is 3.48. The Morgan fingerprint density at radius 3 is 3.00 bits per heavy atom. The zero-order chi connectivity index (χ0) is 13.0. The van der Waals surface area contributed by atoms with Gasteiger partial charge in [0.1, 0.15) is 10.7 Å². The van der Waals surface area contributed by atoms with Crippen LogP contribution in [0.3, 0.4) is 0 Å². The molecule has 2 rings (SSSR count). The van der Waals surface area contributed by atoms with Gasteiger partial charge in [-0.25, -0.2) is 4.98 Å². The van der Waals surface area contributed by atoms with E-state index >= 15 is 0 Å². The van der Waals surface area contributed by atoms with Gasteiger partial charge in [0.05, 0.1) is 0 Å². The molecule has 0 spiro atoms. The summed E-state index contributed by atoms with van der Waals surface area (Å²) in [6, 6.07) is 0. The van der Waals surface area contributed by atoms with E-state index in [0.717, 1.165) is 25.4 Å². The van der Waals surface area contributed by atoms with Crippen LogP contribution in [0.25, 0.3) is 0 Å². The van der Waals surface area contributed by atoms with Gasteiger partial charge in [0.15, 0.2) is 5.13 Å². The average molecular weight is 268 g/mol. The Hall–Kier alpha value is -1.30. The number of carbonyl (C=O) groups is 1. The smallest absolute Gasteiger partial charge is 0.265 e. The van der Waals surface area contributed by atoms with Crippen molar-refractivity contribution >= 4 is 28.2 Å². The fourth-order valence-electron chi connectivity index (χ4n) is 1.80. The SMILES string of the molecule is CCNc1nc(N)c(C(=O)NCCCC2CC2)s1. The van der Waals surface area contributed by atoms with Crippen LogP contribution in [0.15, 0.2) is 0 Å². The van der Waals surface area contributed by atoms with Crippen molar-refractivity contribution in [3.05, 3.63) is 4.88 Å². The third kappa shape index (κ3) is 3.60. The van der Waals surface area contributed by atoms with Gasteiger partial charge in [0.25, 0.3) is 5.91 Å². The van der Waals surface area contributed by atoms with Crippen LogP contribution in [-0.2, 0) is 0 Å². The van der Waals surface area contributed by atoms with Crippen molar-refractivity contribution in [2.45, 2.75) is 32.6 Å². The second kappa shape index (κ2) is 6.04. The number of hydrogen-bond acceptors (Lipinski definition) is 5. The average Bonchev–Trinajstić information content (AvgIpc) is 3.09. The molecule has 6 heteroatoms. The summed E-state index contributed by atoms with van der Waals surface area (Å²) in [4.78, 5) is 16.5. The minimum atomic E-state index is -0.107. The molecule has 4 N–H and O–H groups in total. The number of nitrogens with zero attached hydrogens (tertiary/aromatic N) is 1. The third-order valence-electron chi connectivity index (χ3n) is 2.96. The maximum atomic E-state index is 11.9. The van der Waals surface area contributed by atoms with E-state index < -0.39 is 0 Å². The summed E-state index contributed by atoms with van der Waals surface area (Å²) in [7, 11) is 0. The van der Waals surface area contributed by atoms with Gasteiger partial charge in [-0.05, 0) is 25.7 Å². The molecule has 0 bridgehead atoms. The van der Waals surface area contributed by atoms with E-state index in [4.69, 9.17) is 5.73 Å². The van der Waals surface area contributed by atoms with Crippen LogP contribution in [0.1, 0.15) is 42.3 Å². The van der Waals surface area contributed by atoms with E-state index in [0.29, 0.717) is 15.8 Å². The summed E-state index contributed by atoms with van der Waals surface area (Å²) in [6.07, 6.45) is 5.00. The molecule has 0 radical (unpaired) electrons. The van der Waals surface area contributed by atoms with Crippen LogP contribution < -0.4 is 16.4 Å². The Labute approximate surface area is 111 Å². The molecule has 1 fully saturated rings. The van der Waals surface area contributed by atoms with Crippen molar-refractivity contribution in [2.24, 2.45) is 5.92 Å². The molecule has 100 valence electrons. The van der Waals surface area contributed by atoms with Gasteiger partial charge < -0.3 is 16.4 Å². The molecule has 5 nitrogen and oxygen atoms in total. The van der Waals surface area contributed by atoms with Crippen LogP contribution in [0.4, 0.5) is 10.9 Å². The number of nitrogens with one attached hydrogen (secondary N) is 2. The zero-order valence-corrected chi connectivity index (χ0v) is 11.5. The van der Waals surface area contributed by atoms with E-state index in [9.17, 15) is 4.79 Å². The highest BCUT2D eigenvalue weighted by molar-refractivity contribution is 7.18. The number of rotatable bonds is 7. The predicted molar refractivity (Wildman–Crippen MR) is 75.0 cm³/mol. The molecule has 0 saturated heterocycles. The molecule has 0 unspecified atom stereocenters. The molecule has 0 aromatic carbocycles. The second-order valence-electron chi connectivity index (χ2n) is 4.61. The highest BCUT2D eigenvalue weighted by Crippen LogP contribution is 2.33. The molecule has 1 saturated carbocycles. The topological polar surface area (TPSA) is 80.0 Å². The molecule has 1 amide bonds. The van der Waals surface area contributed by atoms with Gasteiger partial charge >= 0.3 is 0 Å². The Morgan fingerprint density at radius 2 is 2.33 bits per heavy atom. The maximum absolute atomic E-state index is 11.9.